The minimum Gasteiger partial charge on any atom is -0.450 e. The van der Waals surface area contributed by atoms with E-state index in [1.165, 1.54) is 12.1 Å². The average molecular weight is 413 g/mol. The van der Waals surface area contributed by atoms with Gasteiger partial charge >= 0.3 is 12.2 Å². The summed E-state index contributed by atoms with van der Waals surface area (Å²) >= 11 is 0. The molecule has 10 heteroatoms. The number of nitrogens with one attached hydrogen (secondary N) is 3. The lowest BCUT2D eigenvalue weighted by molar-refractivity contribution is 0.166. The summed E-state index contributed by atoms with van der Waals surface area (Å²) in [5.74, 6) is 0.235. The Morgan fingerprint density at radius 2 is 1.57 bits per heavy atom. The van der Waals surface area contributed by atoms with Crippen LogP contribution in [0.4, 0.5) is 31.3 Å². The predicted octanol–water partition coefficient (Wildman–Crippen LogP) is 4.39. The Morgan fingerprint density at radius 1 is 0.964 bits per heavy atom. The number of halogens is 2. The van der Waals surface area contributed by atoms with Crippen LogP contribution in [0.2, 0.25) is 0 Å². The van der Waals surface area contributed by atoms with Crippen molar-refractivity contribution < 1.29 is 23.5 Å². The molecule has 1 aromatic heterocycles. The van der Waals surface area contributed by atoms with E-state index in [2.05, 4.69) is 20.9 Å². The third-order valence-electron chi connectivity index (χ3n) is 3.29. The van der Waals surface area contributed by atoms with Gasteiger partial charge in [-0.25, -0.2) is 19.0 Å². The smallest absolute Gasteiger partial charge is 0.412 e. The summed E-state index contributed by atoms with van der Waals surface area (Å²) in [4.78, 5) is 27.6. The minimum absolute atomic E-state index is 0. The van der Waals surface area contributed by atoms with E-state index < -0.39 is 12.2 Å². The van der Waals surface area contributed by atoms with E-state index in [0.29, 0.717) is 12.4 Å². The lowest BCUT2D eigenvalue weighted by atomic mass is 10.2. The zero-order valence-electron chi connectivity index (χ0n) is 15.5. The number of hydrogen-bond acceptors (Lipinski definition) is 6. The third-order valence-corrected chi connectivity index (χ3v) is 3.29. The van der Waals surface area contributed by atoms with Crippen LogP contribution >= 0.6 is 12.4 Å². The van der Waals surface area contributed by atoms with Crippen LogP contribution in [0.5, 0.6) is 0 Å². The summed E-state index contributed by atoms with van der Waals surface area (Å²) < 4.78 is 22.6. The van der Waals surface area contributed by atoms with Crippen LogP contribution in [0.25, 0.3) is 0 Å². The highest BCUT2D eigenvalue weighted by Gasteiger charge is 2.13. The first-order chi connectivity index (χ1) is 13.0. The van der Waals surface area contributed by atoms with Crippen LogP contribution in [0.3, 0.4) is 0 Å². The van der Waals surface area contributed by atoms with Gasteiger partial charge in [0, 0.05) is 6.54 Å². The fourth-order valence-corrected chi connectivity index (χ4v) is 2.09. The maximum atomic E-state index is 13.0. The highest BCUT2D eigenvalue weighted by Crippen LogP contribution is 2.23. The number of aromatic nitrogens is 1. The summed E-state index contributed by atoms with van der Waals surface area (Å²) in [5.41, 5.74) is 1.11. The van der Waals surface area contributed by atoms with Gasteiger partial charge in [0.25, 0.3) is 0 Å². The van der Waals surface area contributed by atoms with Crippen molar-refractivity contribution in [2.75, 3.05) is 29.2 Å². The van der Waals surface area contributed by atoms with Crippen molar-refractivity contribution in [2.24, 2.45) is 0 Å². The molecule has 0 spiro atoms. The molecule has 152 valence electrons. The summed E-state index contributed by atoms with van der Waals surface area (Å²) in [7, 11) is 0. The molecule has 1 aromatic carbocycles. The molecule has 0 atom stereocenters. The SMILES string of the molecule is CCOC(=O)Nc1ccc(NCc2ccc(F)cc2)nc1NC(=O)OCC.Cl. The maximum Gasteiger partial charge on any atom is 0.412 e. The number of rotatable bonds is 7. The first-order valence-electron chi connectivity index (χ1n) is 8.38. The molecule has 0 saturated heterocycles. The molecule has 2 amide bonds. The number of pyridine rings is 1. The zero-order valence-corrected chi connectivity index (χ0v) is 16.3. The van der Waals surface area contributed by atoms with Crippen molar-refractivity contribution in [1.82, 2.24) is 4.98 Å². The molecule has 0 bridgehead atoms. The van der Waals surface area contributed by atoms with Crippen molar-refractivity contribution in [1.29, 1.82) is 0 Å². The second kappa shape index (κ2) is 11.6. The topological polar surface area (TPSA) is 102 Å². The molecule has 28 heavy (non-hydrogen) atoms. The molecule has 0 unspecified atom stereocenters. The van der Waals surface area contributed by atoms with Crippen molar-refractivity contribution in [3.05, 3.63) is 47.8 Å². The molecule has 0 fully saturated rings. The van der Waals surface area contributed by atoms with Gasteiger partial charge in [0.15, 0.2) is 5.82 Å². The van der Waals surface area contributed by atoms with Crippen molar-refractivity contribution in [2.45, 2.75) is 20.4 Å². The quantitative estimate of drug-likeness (QED) is 0.623. The van der Waals surface area contributed by atoms with E-state index in [0.717, 1.165) is 5.56 Å². The molecule has 0 saturated carbocycles. The monoisotopic (exact) mass is 412 g/mol. The van der Waals surface area contributed by atoms with Crippen LogP contribution in [-0.4, -0.2) is 30.4 Å². The Labute approximate surface area is 168 Å². The Bertz CT molecular complexity index is 790. The summed E-state index contributed by atoms with van der Waals surface area (Å²) in [6.07, 6.45) is -1.37. The molecule has 0 aliphatic rings. The number of nitrogens with zero attached hydrogens (tertiary/aromatic N) is 1. The Balaban J connectivity index is 0.00000392. The van der Waals surface area contributed by atoms with E-state index in [1.807, 2.05) is 0 Å². The van der Waals surface area contributed by atoms with Crippen molar-refractivity contribution >= 4 is 41.9 Å². The molecule has 2 aromatic rings. The van der Waals surface area contributed by atoms with Gasteiger partial charge in [0.2, 0.25) is 0 Å². The first-order valence-corrected chi connectivity index (χ1v) is 8.38. The molecule has 0 radical (unpaired) electrons. The number of carbonyl (C=O) groups is 2. The first kappa shape index (κ1) is 23.0. The van der Waals surface area contributed by atoms with Crippen LogP contribution in [0, 0.1) is 5.82 Å². The van der Waals surface area contributed by atoms with Gasteiger partial charge in [-0.05, 0) is 43.7 Å². The van der Waals surface area contributed by atoms with Gasteiger partial charge in [-0.1, -0.05) is 12.1 Å². The van der Waals surface area contributed by atoms with Gasteiger partial charge in [-0.2, -0.15) is 0 Å². The molecule has 3 N–H and O–H groups in total. The largest absolute Gasteiger partial charge is 0.450 e. The molecule has 0 aliphatic heterocycles. The van der Waals surface area contributed by atoms with E-state index >= 15 is 0 Å². The normalized spacial score (nSPS) is 9.68. The van der Waals surface area contributed by atoms with Crippen LogP contribution in [-0.2, 0) is 16.0 Å². The third kappa shape index (κ3) is 7.28. The number of benzene rings is 1. The van der Waals surface area contributed by atoms with Gasteiger partial charge in [0.1, 0.15) is 11.6 Å². The molecule has 1 heterocycles. The Kier molecular flexibility index (Phi) is 9.52. The van der Waals surface area contributed by atoms with E-state index in [4.69, 9.17) is 9.47 Å². The minimum atomic E-state index is -0.701. The number of ether oxygens (including phenoxy) is 2. The number of anilines is 3. The Hall–Kier alpha value is -3.07. The standard InChI is InChI=1S/C18H21FN4O4.ClH/c1-3-26-17(24)21-14-9-10-15(22-16(14)23-18(25)27-4-2)20-11-12-5-7-13(19)8-6-12;/h5-10H,3-4,11H2,1-2H3,(H,21,24)(H2,20,22,23,25);1H. The molecular weight excluding hydrogens is 391 g/mol. The molecule has 0 aliphatic carbocycles. The highest BCUT2D eigenvalue weighted by molar-refractivity contribution is 5.94. The van der Waals surface area contributed by atoms with E-state index in [9.17, 15) is 14.0 Å². The van der Waals surface area contributed by atoms with Crippen molar-refractivity contribution in [3.63, 3.8) is 0 Å². The fourth-order valence-electron chi connectivity index (χ4n) is 2.09. The average Bonchev–Trinajstić information content (AvgIpc) is 2.63. The second-order valence-corrected chi connectivity index (χ2v) is 5.26. The number of hydrogen-bond donors (Lipinski definition) is 3. The van der Waals surface area contributed by atoms with Crippen LogP contribution in [0.1, 0.15) is 19.4 Å². The highest BCUT2D eigenvalue weighted by atomic mass is 35.5. The van der Waals surface area contributed by atoms with Gasteiger partial charge in [-0.15, -0.1) is 12.4 Å². The van der Waals surface area contributed by atoms with Gasteiger partial charge in [0.05, 0.1) is 18.9 Å². The number of amides is 2. The van der Waals surface area contributed by atoms with Crippen molar-refractivity contribution in [3.8, 4) is 0 Å². The van der Waals surface area contributed by atoms with Crippen LogP contribution in [0.15, 0.2) is 36.4 Å². The van der Waals surface area contributed by atoms with Crippen LogP contribution < -0.4 is 16.0 Å². The molecule has 8 nitrogen and oxygen atoms in total. The summed E-state index contributed by atoms with van der Waals surface area (Å²) in [6, 6.07) is 9.22. The Morgan fingerprint density at radius 3 is 2.18 bits per heavy atom. The van der Waals surface area contributed by atoms with Gasteiger partial charge < -0.3 is 14.8 Å². The molecular formula is C18H22ClFN4O4. The summed E-state index contributed by atoms with van der Waals surface area (Å²) in [5, 5.41) is 8.04. The van der Waals surface area contributed by atoms with E-state index in [1.54, 1.807) is 38.1 Å². The van der Waals surface area contributed by atoms with E-state index in [-0.39, 0.29) is 42.9 Å². The second-order valence-electron chi connectivity index (χ2n) is 5.26. The predicted molar refractivity (Wildman–Crippen MR) is 107 cm³/mol. The number of carbonyl (C=O) groups excluding carboxylic acids is 2. The van der Waals surface area contributed by atoms with Gasteiger partial charge in [-0.3, -0.25) is 10.6 Å². The summed E-state index contributed by atoms with van der Waals surface area (Å²) in [6.45, 7) is 4.15. The zero-order chi connectivity index (χ0) is 19.6. The fraction of sp³-hybridized carbons (Fsp3) is 0.278. The molecule has 2 rings (SSSR count). The maximum absolute atomic E-state index is 13.0. The lowest BCUT2D eigenvalue weighted by Gasteiger charge is -2.13. The lowest BCUT2D eigenvalue weighted by Crippen LogP contribution is -2.19.